The first kappa shape index (κ1) is 18.8. The molecule has 0 saturated heterocycles. The molecular weight excluding hydrogens is 593 g/mol. The van der Waals surface area contributed by atoms with Gasteiger partial charge in [-0.1, -0.05) is 151 Å². The van der Waals surface area contributed by atoms with E-state index in [2.05, 4.69) is 0 Å². The molecular formula is C48H30O. The third-order valence-electron chi connectivity index (χ3n) is 9.17. The predicted octanol–water partition coefficient (Wildman–Crippen LogP) is 13.7. The third kappa shape index (κ3) is 4.47. The van der Waals surface area contributed by atoms with Gasteiger partial charge in [0.05, 0.1) is 15.1 Å². The van der Waals surface area contributed by atoms with Crippen LogP contribution in [0.4, 0.5) is 0 Å². The van der Waals surface area contributed by atoms with Crippen molar-refractivity contribution < 1.29 is 19.5 Å². The summed E-state index contributed by atoms with van der Waals surface area (Å²) in [5.74, 6) is 0. The van der Waals surface area contributed by atoms with Crippen molar-refractivity contribution in [1.82, 2.24) is 0 Å². The minimum Gasteiger partial charge on any atom is -0.456 e. The molecule has 0 aliphatic heterocycles. The lowest BCUT2D eigenvalue weighted by atomic mass is 9.84. The average Bonchev–Trinajstić information content (AvgIpc) is 3.64. The van der Waals surface area contributed by atoms with Gasteiger partial charge in [-0.2, -0.15) is 0 Å². The monoisotopic (exact) mass is 633 g/mol. The lowest BCUT2D eigenvalue weighted by Crippen LogP contribution is -1.91. The van der Waals surface area contributed by atoms with Crippen LogP contribution in [0.25, 0.3) is 98.8 Å². The van der Waals surface area contributed by atoms with Gasteiger partial charge in [0.1, 0.15) is 11.2 Å². The third-order valence-corrected chi connectivity index (χ3v) is 9.17. The Hall–Kier alpha value is -6.44. The predicted molar refractivity (Wildman–Crippen MR) is 208 cm³/mol. The highest BCUT2D eigenvalue weighted by Crippen LogP contribution is 2.47. The highest BCUT2D eigenvalue weighted by Gasteiger charge is 2.20. The first-order valence-electron chi connectivity index (χ1n) is 21.5. The molecule has 0 spiro atoms. The molecule has 0 aliphatic rings. The first-order valence-corrected chi connectivity index (χ1v) is 16.0. The van der Waals surface area contributed by atoms with Gasteiger partial charge in [-0.05, 0) is 107 Å². The molecule has 0 amide bonds. The summed E-state index contributed by atoms with van der Waals surface area (Å²) in [6, 6.07) is 31.7. The summed E-state index contributed by atoms with van der Waals surface area (Å²) < 4.78 is 104. The molecule has 1 nitrogen and oxygen atoms in total. The van der Waals surface area contributed by atoms with Crippen molar-refractivity contribution in [2.45, 2.75) is 0 Å². The summed E-state index contributed by atoms with van der Waals surface area (Å²) in [7, 11) is 0. The molecule has 0 saturated carbocycles. The first-order chi connectivity index (χ1) is 28.9. The van der Waals surface area contributed by atoms with Gasteiger partial charge in [-0.15, -0.1) is 0 Å². The van der Waals surface area contributed by atoms with Gasteiger partial charge >= 0.3 is 0 Å². The molecule has 9 aromatic carbocycles. The van der Waals surface area contributed by atoms with E-state index in [1.807, 2.05) is 72.8 Å². The topological polar surface area (TPSA) is 13.1 Å². The average molecular weight is 634 g/mol. The molecule has 0 N–H and O–H groups in total. The normalized spacial score (nSPS) is 14.8. The Balaban J connectivity index is 1.29. The minimum atomic E-state index is -0.467. The Morgan fingerprint density at radius 2 is 1.02 bits per heavy atom. The Morgan fingerprint density at radius 3 is 1.73 bits per heavy atom. The van der Waals surface area contributed by atoms with Crippen molar-refractivity contribution in [1.29, 1.82) is 0 Å². The van der Waals surface area contributed by atoms with Crippen LogP contribution in [0.2, 0.25) is 0 Å². The number of hydrogen-bond donors (Lipinski definition) is 0. The zero-order valence-electron chi connectivity index (χ0n) is 36.9. The molecule has 0 radical (unpaired) electrons. The number of benzene rings is 9. The quantitative estimate of drug-likeness (QED) is 0.176. The fourth-order valence-corrected chi connectivity index (χ4v) is 7.02. The van der Waals surface area contributed by atoms with E-state index < -0.39 is 18.1 Å². The number of furan rings is 1. The van der Waals surface area contributed by atoms with Crippen LogP contribution in [-0.2, 0) is 0 Å². The van der Waals surface area contributed by atoms with Crippen LogP contribution >= 0.6 is 0 Å². The molecule has 10 rings (SSSR count). The SMILES string of the molecule is [2H]c1c([2H])c([2H])c(-c2ccc3oc4cccc(-c5c6ccccc6c(-c6c([2H])c([2H])c7c([2H])c(-c8ccccc8)c([2H])c([2H])c7c6[2H])c6ccccc56)c4c3c2)c([2H])c1[2H]. The summed E-state index contributed by atoms with van der Waals surface area (Å²) in [6.07, 6.45) is 0. The zero-order valence-corrected chi connectivity index (χ0v) is 25.9. The number of fused-ring (bicyclic) bond motifs is 6. The van der Waals surface area contributed by atoms with Crippen LogP contribution in [0.3, 0.4) is 0 Å². The van der Waals surface area contributed by atoms with E-state index in [1.165, 1.54) is 0 Å². The Morgan fingerprint density at radius 1 is 0.388 bits per heavy atom. The molecule has 0 unspecified atom stereocenters. The number of hydrogen-bond acceptors (Lipinski definition) is 1. The molecule has 0 fully saturated rings. The van der Waals surface area contributed by atoms with Crippen LogP contribution in [-0.4, -0.2) is 0 Å². The van der Waals surface area contributed by atoms with E-state index in [1.54, 1.807) is 42.5 Å². The maximum atomic E-state index is 9.67. The van der Waals surface area contributed by atoms with Crippen molar-refractivity contribution >= 4 is 54.3 Å². The highest BCUT2D eigenvalue weighted by atomic mass is 16.3. The Labute approximate surface area is 299 Å². The van der Waals surface area contributed by atoms with Gasteiger partial charge < -0.3 is 4.42 Å². The lowest BCUT2D eigenvalue weighted by molar-refractivity contribution is 0.669. The fourth-order valence-electron chi connectivity index (χ4n) is 7.02. The Kier molecular flexibility index (Phi) is 4.25. The second-order valence-electron chi connectivity index (χ2n) is 11.9. The van der Waals surface area contributed by atoms with Gasteiger partial charge in [-0.3, -0.25) is 0 Å². The molecule has 0 bridgehead atoms. The van der Waals surface area contributed by atoms with Gasteiger partial charge in [-0.25, -0.2) is 0 Å². The molecule has 0 aliphatic carbocycles. The summed E-state index contributed by atoms with van der Waals surface area (Å²) in [6.45, 7) is 0. The summed E-state index contributed by atoms with van der Waals surface area (Å²) in [5.41, 5.74) is 4.62. The summed E-state index contributed by atoms with van der Waals surface area (Å²) in [5, 5.41) is 4.28. The fraction of sp³-hybridized carbons (Fsp3) is 0. The van der Waals surface area contributed by atoms with Crippen molar-refractivity contribution in [3.8, 4) is 44.5 Å². The van der Waals surface area contributed by atoms with Crippen LogP contribution in [0, 0.1) is 0 Å². The van der Waals surface area contributed by atoms with E-state index in [-0.39, 0.29) is 75.8 Å². The van der Waals surface area contributed by atoms with Gasteiger partial charge in [0.15, 0.2) is 0 Å². The second kappa shape index (κ2) is 11.1. The minimum absolute atomic E-state index is 0.0136. The maximum absolute atomic E-state index is 9.67. The van der Waals surface area contributed by atoms with Crippen LogP contribution < -0.4 is 0 Å². The number of rotatable bonds is 4. The standard InChI is InChI=1S/C48H30O/c1-3-12-31(13-4-1)33-22-23-35-29-37(25-24-34(35)28-33)46-38-16-7-9-18-40(38)47(41-19-10-8-17-39(41)46)42-20-11-21-45-48(42)43-30-36(26-27-44(43)49-45)32-14-5-2-6-15-32/h1-30H/i2D,5D,6D,14D,15D,22D,23D,24D,25D,28D,29D. The molecule has 0 atom stereocenters. The van der Waals surface area contributed by atoms with Gasteiger partial charge in [0.2, 0.25) is 0 Å². The van der Waals surface area contributed by atoms with E-state index in [4.69, 9.17) is 12.6 Å². The Bertz CT molecular complexity index is 3420. The van der Waals surface area contributed by atoms with Crippen molar-refractivity contribution in [2.75, 3.05) is 0 Å². The highest BCUT2D eigenvalue weighted by molar-refractivity contribution is 6.26. The smallest absolute Gasteiger partial charge is 0.136 e. The maximum Gasteiger partial charge on any atom is 0.136 e. The molecule has 10 aromatic rings. The van der Waals surface area contributed by atoms with Crippen LogP contribution in [0.5, 0.6) is 0 Å². The van der Waals surface area contributed by atoms with Gasteiger partial charge in [0, 0.05) is 10.8 Å². The second-order valence-corrected chi connectivity index (χ2v) is 11.9. The largest absolute Gasteiger partial charge is 0.456 e. The summed E-state index contributed by atoms with van der Waals surface area (Å²) >= 11 is 0. The van der Waals surface area contributed by atoms with E-state index in [0.717, 1.165) is 27.3 Å². The molecule has 228 valence electrons. The van der Waals surface area contributed by atoms with E-state index >= 15 is 0 Å². The lowest BCUT2D eigenvalue weighted by Gasteiger charge is -2.18. The van der Waals surface area contributed by atoms with Gasteiger partial charge in [0.25, 0.3) is 0 Å². The van der Waals surface area contributed by atoms with Crippen LogP contribution in [0.15, 0.2) is 186 Å². The molecule has 1 heterocycles. The van der Waals surface area contributed by atoms with Crippen LogP contribution in [0.1, 0.15) is 15.1 Å². The van der Waals surface area contributed by atoms with Crippen molar-refractivity contribution in [3.63, 3.8) is 0 Å². The van der Waals surface area contributed by atoms with E-state index in [9.17, 15) is 6.85 Å². The molecule has 1 aromatic heterocycles. The zero-order chi connectivity index (χ0) is 41.9. The summed E-state index contributed by atoms with van der Waals surface area (Å²) in [4.78, 5) is 0. The molecule has 1 heteroatoms. The van der Waals surface area contributed by atoms with Crippen molar-refractivity contribution in [3.05, 3.63) is 182 Å². The van der Waals surface area contributed by atoms with E-state index in [0.29, 0.717) is 44.0 Å². The molecule has 49 heavy (non-hydrogen) atoms. The van der Waals surface area contributed by atoms with Crippen molar-refractivity contribution in [2.24, 2.45) is 0 Å².